The van der Waals surface area contributed by atoms with Crippen LogP contribution in [-0.4, -0.2) is 0 Å². The van der Waals surface area contributed by atoms with Gasteiger partial charge in [-0.2, -0.15) is 0 Å². The Morgan fingerprint density at radius 3 is 0.588 bits per heavy atom. The van der Waals surface area contributed by atoms with E-state index in [4.69, 9.17) is 31.6 Å². The largest absolute Gasteiger partial charge is 1.00 e. The molecule has 0 fully saturated rings. The third-order valence-corrected chi connectivity index (χ3v) is 4.89. The monoisotopic (exact) mass is 336 g/mol. The summed E-state index contributed by atoms with van der Waals surface area (Å²) in [7, 11) is -6.17. The Morgan fingerprint density at radius 2 is 0.588 bits per heavy atom. The third kappa shape index (κ3) is 4.89. The number of hydrogen-bond acceptors (Lipinski definition) is 6. The van der Waals surface area contributed by atoms with Crippen molar-refractivity contribution in [1.29, 1.82) is 31.6 Å². The summed E-state index contributed by atoms with van der Waals surface area (Å²) in [6, 6.07) is 0. The van der Waals surface area contributed by atoms with Gasteiger partial charge in [-0.3, -0.25) is 0 Å². The molecule has 0 aliphatic carbocycles. The van der Waals surface area contributed by atoms with Crippen molar-refractivity contribution in [1.82, 2.24) is 0 Å². The van der Waals surface area contributed by atoms with Crippen LogP contribution < -0.4 is 162 Å². The van der Waals surface area contributed by atoms with Crippen LogP contribution in [-0.2, 0) is 10.7 Å². The minimum atomic E-state index is -6.17. The molecule has 6 nitrogen and oxygen atoms in total. The molecule has 0 saturated heterocycles. The van der Waals surface area contributed by atoms with Crippen LogP contribution in [0.3, 0.4) is 0 Å². The molecular weight excluding hydrogens is 336 g/mol. The van der Waals surface area contributed by atoms with Crippen molar-refractivity contribution >= 4 is 0 Å². The standard InChI is InChI=1S/6CN.Fe.2K.2Na/c6*1-2;;;;;/q;;;;;;-4;4*+1. The molecule has 0 aromatic heterocycles. The summed E-state index contributed by atoms with van der Waals surface area (Å²) in [5, 5.41) is 51.5. The Labute approximate surface area is 227 Å². The molecule has 0 aromatic carbocycles. The van der Waals surface area contributed by atoms with E-state index in [0.29, 0.717) is 0 Å². The van der Waals surface area contributed by atoms with E-state index in [-0.39, 0.29) is 162 Å². The fraction of sp³-hybridized carbons (Fsp3) is 0. The van der Waals surface area contributed by atoms with Gasteiger partial charge in [-0.05, 0) is 0 Å². The van der Waals surface area contributed by atoms with Crippen LogP contribution in [0, 0.1) is 61.4 Å². The molecule has 0 aromatic rings. The first kappa shape index (κ1) is 31.9. The van der Waals surface area contributed by atoms with Gasteiger partial charge >= 0.3 is 234 Å². The molecule has 0 unspecified atom stereocenters. The average Bonchev–Trinajstić information content (AvgIpc) is 2.26. The maximum atomic E-state index is 8.58. The Kier molecular flexibility index (Phi) is 19.6. The summed E-state index contributed by atoms with van der Waals surface area (Å²) in [6.45, 7) is 0. The van der Waals surface area contributed by atoms with Crippen molar-refractivity contribution in [2.45, 2.75) is 0 Å². The molecule has 0 heterocycles. The molecule has 0 saturated carbocycles. The van der Waals surface area contributed by atoms with Crippen molar-refractivity contribution in [3.8, 4) is 29.8 Å². The van der Waals surface area contributed by atoms with Gasteiger partial charge in [0.25, 0.3) is 0 Å². The summed E-state index contributed by atoms with van der Waals surface area (Å²) in [6.07, 6.45) is 0. The third-order valence-electron chi connectivity index (χ3n) is 1.19. The predicted octanol–water partition coefficient (Wildman–Crippen LogP) is -11.9. The van der Waals surface area contributed by atoms with Gasteiger partial charge in [-0.15, -0.1) is 0 Å². The quantitative estimate of drug-likeness (QED) is 0.402. The van der Waals surface area contributed by atoms with Crippen LogP contribution in [0.1, 0.15) is 0 Å². The number of hydrogen-bond donors (Lipinski definition) is 0. The average molecular weight is 336 g/mol. The first-order valence-electron chi connectivity index (χ1n) is 2.40. The van der Waals surface area contributed by atoms with Crippen LogP contribution in [0.5, 0.6) is 0 Å². The molecule has 0 rings (SSSR count). The Hall–Kier alpha value is 2.73. The second kappa shape index (κ2) is 10.5. The minimum absolute atomic E-state index is 0. The molecule has 11 heteroatoms. The fourth-order valence-corrected chi connectivity index (χ4v) is 1.09. The van der Waals surface area contributed by atoms with E-state index in [1.807, 2.05) is 0 Å². The summed E-state index contributed by atoms with van der Waals surface area (Å²) in [5.74, 6) is 0. The summed E-state index contributed by atoms with van der Waals surface area (Å²) < 4.78 is 0. The van der Waals surface area contributed by atoms with Crippen molar-refractivity contribution < 1.29 is 173 Å². The van der Waals surface area contributed by atoms with Crippen molar-refractivity contribution in [3.63, 3.8) is 0 Å². The van der Waals surface area contributed by atoms with Crippen LogP contribution in [0.4, 0.5) is 0 Å². The van der Waals surface area contributed by atoms with Gasteiger partial charge in [0.05, 0.1) is 0 Å². The Balaban J connectivity index is -0.000000120. The van der Waals surface area contributed by atoms with Crippen LogP contribution in [0.2, 0.25) is 0 Å². The van der Waals surface area contributed by atoms with E-state index >= 15 is 0 Å². The molecule has 0 bridgehead atoms. The normalized spacial score (nSPS) is 10.2. The topological polar surface area (TPSA) is 143 Å². The van der Waals surface area contributed by atoms with E-state index in [1.165, 1.54) is 0 Å². The Bertz CT molecular complexity index is 404. The van der Waals surface area contributed by atoms with Gasteiger partial charge in [0.2, 0.25) is 0 Å². The van der Waals surface area contributed by atoms with Gasteiger partial charge in [-0.25, -0.2) is 0 Å². The van der Waals surface area contributed by atoms with Gasteiger partial charge in [0.15, 0.2) is 0 Å². The second-order valence-corrected chi connectivity index (χ2v) is 7.42. The molecule has 0 N–H and O–H groups in total. The zero-order chi connectivity index (χ0) is 10.7. The zero-order valence-corrected chi connectivity index (χ0v) is 21.4. The van der Waals surface area contributed by atoms with Gasteiger partial charge in [0.1, 0.15) is 0 Å². The summed E-state index contributed by atoms with van der Waals surface area (Å²) in [4.78, 5) is 6.19. The maximum Gasteiger partial charge on any atom is 1.00 e. The summed E-state index contributed by atoms with van der Waals surface area (Å²) in [5.41, 5.74) is 0. The molecule has 0 aliphatic heterocycles. The van der Waals surface area contributed by atoms with Gasteiger partial charge < -0.3 is 0 Å². The molecule has 0 atom stereocenters. The van der Waals surface area contributed by atoms with Gasteiger partial charge in [-0.1, -0.05) is 0 Å². The molecule has 0 radical (unpaired) electrons. The van der Waals surface area contributed by atoms with Gasteiger partial charge in [0, 0.05) is 0 Å². The first-order chi connectivity index (χ1) is 5.97. The number of nitrogens with zero attached hydrogens (tertiary/aromatic N) is 6. The van der Waals surface area contributed by atoms with Crippen LogP contribution in [0.25, 0.3) is 0 Å². The van der Waals surface area contributed by atoms with E-state index in [2.05, 4.69) is 0 Å². The Morgan fingerprint density at radius 1 is 0.471 bits per heavy atom. The van der Waals surface area contributed by atoms with E-state index < -0.39 is 10.7 Å². The second-order valence-electron chi connectivity index (χ2n) is 1.80. The predicted molar refractivity (Wildman–Crippen MR) is 33.7 cm³/mol. The molecule has 17 heavy (non-hydrogen) atoms. The first-order valence-corrected chi connectivity index (χ1v) is 5.71. The minimum Gasteiger partial charge on any atom is 1.00 e. The van der Waals surface area contributed by atoms with E-state index in [1.54, 1.807) is 0 Å². The van der Waals surface area contributed by atoms with E-state index in [0.717, 1.165) is 29.8 Å². The van der Waals surface area contributed by atoms with Crippen molar-refractivity contribution in [3.05, 3.63) is 0 Å². The maximum absolute atomic E-state index is 8.58. The van der Waals surface area contributed by atoms with Crippen molar-refractivity contribution in [2.24, 2.45) is 0 Å². The molecule has 66 valence electrons. The molecule has 0 spiro atoms. The zero-order valence-electron chi connectivity index (χ0n) is 10.0. The molecule has 0 aliphatic rings. The van der Waals surface area contributed by atoms with Crippen LogP contribution >= 0.6 is 0 Å². The number of rotatable bonds is 0. The SMILES string of the molecule is N#[C][Fe-4]([C]#N)([C]#N)([C]#N)([C]#N)[C]#N.[K+].[K+].[Na+].[Na+]. The summed E-state index contributed by atoms with van der Waals surface area (Å²) >= 11 is 0. The van der Waals surface area contributed by atoms with Crippen molar-refractivity contribution in [2.75, 3.05) is 0 Å². The van der Waals surface area contributed by atoms with Crippen LogP contribution in [0.15, 0.2) is 0 Å². The smallest absolute Gasteiger partial charge is 1.00 e. The number of nitriles is 6. The molecule has 0 amide bonds. The fourth-order valence-electron chi connectivity index (χ4n) is 0.265. The molecular formula is C6FeK2N6Na2. The van der Waals surface area contributed by atoms with E-state index in [9.17, 15) is 0 Å².